The SMILES string of the molecule is COC(=O)CC(C)CCC(C)C. The van der Waals surface area contributed by atoms with Gasteiger partial charge in [-0.25, -0.2) is 0 Å². The summed E-state index contributed by atoms with van der Waals surface area (Å²) in [6.45, 7) is 6.50. The third-order valence-electron chi connectivity index (χ3n) is 1.98. The molecule has 1 atom stereocenters. The Morgan fingerprint density at radius 1 is 1.25 bits per heavy atom. The summed E-state index contributed by atoms with van der Waals surface area (Å²) in [6.07, 6.45) is 2.87. The van der Waals surface area contributed by atoms with Crippen molar-refractivity contribution in [1.29, 1.82) is 0 Å². The summed E-state index contributed by atoms with van der Waals surface area (Å²) in [6, 6.07) is 0. The van der Waals surface area contributed by atoms with Crippen molar-refractivity contribution < 1.29 is 9.53 Å². The van der Waals surface area contributed by atoms with E-state index in [4.69, 9.17) is 0 Å². The molecule has 0 aromatic rings. The van der Waals surface area contributed by atoms with Crippen LogP contribution in [-0.4, -0.2) is 13.1 Å². The number of rotatable bonds is 5. The first-order valence-corrected chi connectivity index (χ1v) is 4.63. The first-order valence-electron chi connectivity index (χ1n) is 4.63. The molecule has 72 valence electrons. The Morgan fingerprint density at radius 2 is 1.83 bits per heavy atom. The Bertz CT molecular complexity index is 130. The zero-order chi connectivity index (χ0) is 9.56. The minimum absolute atomic E-state index is 0.0914. The lowest BCUT2D eigenvalue weighted by Gasteiger charge is -2.10. The third kappa shape index (κ3) is 6.20. The van der Waals surface area contributed by atoms with Crippen LogP contribution in [0.15, 0.2) is 0 Å². The first kappa shape index (κ1) is 11.5. The van der Waals surface area contributed by atoms with Crippen LogP contribution < -0.4 is 0 Å². The predicted molar refractivity (Wildman–Crippen MR) is 49.9 cm³/mol. The number of methoxy groups -OCH3 is 1. The Hall–Kier alpha value is -0.530. The van der Waals surface area contributed by atoms with E-state index in [0.717, 1.165) is 12.3 Å². The van der Waals surface area contributed by atoms with Crippen molar-refractivity contribution in [3.63, 3.8) is 0 Å². The van der Waals surface area contributed by atoms with Gasteiger partial charge in [0, 0.05) is 6.42 Å². The van der Waals surface area contributed by atoms with Gasteiger partial charge in [0.05, 0.1) is 7.11 Å². The van der Waals surface area contributed by atoms with Gasteiger partial charge >= 0.3 is 5.97 Å². The number of ether oxygens (including phenoxy) is 1. The summed E-state index contributed by atoms with van der Waals surface area (Å²) < 4.78 is 4.59. The molecule has 2 heteroatoms. The minimum Gasteiger partial charge on any atom is -0.469 e. The second-order valence-electron chi connectivity index (χ2n) is 3.86. The van der Waals surface area contributed by atoms with Crippen LogP contribution in [0.2, 0.25) is 0 Å². The van der Waals surface area contributed by atoms with Crippen molar-refractivity contribution in [1.82, 2.24) is 0 Å². The highest BCUT2D eigenvalue weighted by Crippen LogP contribution is 2.14. The zero-order valence-corrected chi connectivity index (χ0v) is 8.59. The Labute approximate surface area is 75.3 Å². The third-order valence-corrected chi connectivity index (χ3v) is 1.98. The van der Waals surface area contributed by atoms with Crippen LogP contribution in [-0.2, 0) is 9.53 Å². The molecule has 0 rings (SSSR count). The molecule has 0 bridgehead atoms. The van der Waals surface area contributed by atoms with Crippen molar-refractivity contribution >= 4 is 5.97 Å². The molecule has 0 fully saturated rings. The highest BCUT2D eigenvalue weighted by Gasteiger charge is 2.09. The lowest BCUT2D eigenvalue weighted by Crippen LogP contribution is -2.07. The summed E-state index contributed by atoms with van der Waals surface area (Å²) >= 11 is 0. The summed E-state index contributed by atoms with van der Waals surface area (Å²) in [5, 5.41) is 0. The number of hydrogen-bond acceptors (Lipinski definition) is 2. The van der Waals surface area contributed by atoms with Crippen LogP contribution in [0.5, 0.6) is 0 Å². The summed E-state index contributed by atoms with van der Waals surface area (Å²) in [5.41, 5.74) is 0. The van der Waals surface area contributed by atoms with E-state index in [1.807, 2.05) is 0 Å². The summed E-state index contributed by atoms with van der Waals surface area (Å²) in [4.78, 5) is 10.8. The highest BCUT2D eigenvalue weighted by molar-refractivity contribution is 5.69. The van der Waals surface area contributed by atoms with Crippen LogP contribution in [0.25, 0.3) is 0 Å². The molecule has 0 radical (unpaired) electrons. The van der Waals surface area contributed by atoms with Crippen LogP contribution in [0, 0.1) is 11.8 Å². The largest absolute Gasteiger partial charge is 0.469 e. The number of carbonyl (C=O) groups excluding carboxylic acids is 1. The molecule has 12 heavy (non-hydrogen) atoms. The van der Waals surface area contributed by atoms with E-state index in [1.165, 1.54) is 13.5 Å². The Morgan fingerprint density at radius 3 is 2.25 bits per heavy atom. The fourth-order valence-electron chi connectivity index (χ4n) is 1.09. The Balaban J connectivity index is 3.45. The maximum atomic E-state index is 10.8. The normalized spacial score (nSPS) is 13.1. The Kier molecular flexibility index (Phi) is 5.77. The van der Waals surface area contributed by atoms with E-state index < -0.39 is 0 Å². The highest BCUT2D eigenvalue weighted by atomic mass is 16.5. The molecule has 1 unspecified atom stereocenters. The quantitative estimate of drug-likeness (QED) is 0.596. The van der Waals surface area contributed by atoms with Crippen molar-refractivity contribution in [3.8, 4) is 0 Å². The molecule has 0 spiro atoms. The summed E-state index contributed by atoms with van der Waals surface area (Å²) in [5.74, 6) is 1.09. The molecule has 0 aromatic carbocycles. The van der Waals surface area contributed by atoms with Gasteiger partial charge in [0.15, 0.2) is 0 Å². The fraction of sp³-hybridized carbons (Fsp3) is 0.900. The van der Waals surface area contributed by atoms with Gasteiger partial charge in [-0.2, -0.15) is 0 Å². The van der Waals surface area contributed by atoms with Gasteiger partial charge in [0.1, 0.15) is 0 Å². The number of esters is 1. The lowest BCUT2D eigenvalue weighted by molar-refractivity contribution is -0.141. The van der Waals surface area contributed by atoms with Gasteiger partial charge in [-0.15, -0.1) is 0 Å². The van der Waals surface area contributed by atoms with Crippen molar-refractivity contribution in [3.05, 3.63) is 0 Å². The van der Waals surface area contributed by atoms with Crippen LogP contribution >= 0.6 is 0 Å². The molecule has 0 aliphatic rings. The number of carbonyl (C=O) groups is 1. The molecule has 0 aliphatic carbocycles. The number of hydrogen-bond donors (Lipinski definition) is 0. The fourth-order valence-corrected chi connectivity index (χ4v) is 1.09. The van der Waals surface area contributed by atoms with E-state index in [-0.39, 0.29) is 5.97 Å². The monoisotopic (exact) mass is 172 g/mol. The molecule has 0 heterocycles. The molecule has 0 saturated carbocycles. The smallest absolute Gasteiger partial charge is 0.305 e. The van der Waals surface area contributed by atoms with Crippen LogP contribution in [0.3, 0.4) is 0 Å². The predicted octanol–water partition coefficient (Wildman–Crippen LogP) is 2.62. The minimum atomic E-state index is -0.0914. The van der Waals surface area contributed by atoms with Crippen molar-refractivity contribution in [2.45, 2.75) is 40.0 Å². The van der Waals surface area contributed by atoms with E-state index in [1.54, 1.807) is 0 Å². The van der Waals surface area contributed by atoms with E-state index in [2.05, 4.69) is 25.5 Å². The molecular formula is C10H20O2. The maximum Gasteiger partial charge on any atom is 0.305 e. The van der Waals surface area contributed by atoms with E-state index in [0.29, 0.717) is 12.3 Å². The average Bonchev–Trinajstić information content (AvgIpc) is 2.00. The molecule has 2 nitrogen and oxygen atoms in total. The lowest BCUT2D eigenvalue weighted by atomic mass is 9.97. The van der Waals surface area contributed by atoms with Gasteiger partial charge in [-0.1, -0.05) is 27.2 Å². The van der Waals surface area contributed by atoms with Gasteiger partial charge < -0.3 is 4.74 Å². The van der Waals surface area contributed by atoms with E-state index in [9.17, 15) is 4.79 Å². The average molecular weight is 172 g/mol. The van der Waals surface area contributed by atoms with Crippen molar-refractivity contribution in [2.24, 2.45) is 11.8 Å². The topological polar surface area (TPSA) is 26.3 Å². The zero-order valence-electron chi connectivity index (χ0n) is 8.59. The maximum absolute atomic E-state index is 10.8. The first-order chi connectivity index (χ1) is 5.56. The van der Waals surface area contributed by atoms with Crippen molar-refractivity contribution in [2.75, 3.05) is 7.11 Å². The van der Waals surface area contributed by atoms with Crippen LogP contribution in [0.1, 0.15) is 40.0 Å². The molecule has 0 amide bonds. The second-order valence-corrected chi connectivity index (χ2v) is 3.86. The van der Waals surface area contributed by atoms with Gasteiger partial charge in [-0.05, 0) is 18.3 Å². The van der Waals surface area contributed by atoms with Gasteiger partial charge in [0.2, 0.25) is 0 Å². The summed E-state index contributed by atoms with van der Waals surface area (Å²) in [7, 11) is 1.44. The van der Waals surface area contributed by atoms with Gasteiger partial charge in [0.25, 0.3) is 0 Å². The molecule has 0 N–H and O–H groups in total. The molecule has 0 aromatic heterocycles. The standard InChI is InChI=1S/C10H20O2/c1-8(2)5-6-9(3)7-10(11)12-4/h8-9H,5-7H2,1-4H3. The molecule has 0 saturated heterocycles. The van der Waals surface area contributed by atoms with Gasteiger partial charge in [-0.3, -0.25) is 4.79 Å². The molecular weight excluding hydrogens is 152 g/mol. The second kappa shape index (κ2) is 6.04. The van der Waals surface area contributed by atoms with E-state index >= 15 is 0 Å². The molecule has 0 aliphatic heterocycles. The van der Waals surface area contributed by atoms with Crippen LogP contribution in [0.4, 0.5) is 0 Å².